The summed E-state index contributed by atoms with van der Waals surface area (Å²) in [5.41, 5.74) is 2.07. The Labute approximate surface area is 327 Å². The molecule has 6 heteroatoms. The van der Waals surface area contributed by atoms with E-state index in [4.69, 9.17) is 9.47 Å². The number of ether oxygens (including phenoxy) is 2. The average molecular weight is 741 g/mol. The second-order valence-corrected chi connectivity index (χ2v) is 20.3. The minimum absolute atomic E-state index is 0.00578. The van der Waals surface area contributed by atoms with Gasteiger partial charge in [0.25, 0.3) is 0 Å². The topological polar surface area (TPSA) is 59.5 Å². The van der Waals surface area contributed by atoms with Crippen molar-refractivity contribution in [2.45, 2.75) is 151 Å². The summed E-state index contributed by atoms with van der Waals surface area (Å²) in [6, 6.07) is 6.10. The Morgan fingerprint density at radius 1 is 0.796 bits per heavy atom. The van der Waals surface area contributed by atoms with Gasteiger partial charge in [-0.3, -0.25) is 9.59 Å². The van der Waals surface area contributed by atoms with Crippen LogP contribution in [0.25, 0.3) is 0 Å². The van der Waals surface area contributed by atoms with Crippen molar-refractivity contribution >= 4 is 18.2 Å². The van der Waals surface area contributed by atoms with Crippen molar-refractivity contribution < 1.29 is 28.2 Å². The van der Waals surface area contributed by atoms with E-state index in [1.54, 1.807) is 0 Å². The van der Waals surface area contributed by atoms with E-state index in [0.29, 0.717) is 49.0 Å². The molecule has 4 unspecified atom stereocenters. The fourth-order valence-electron chi connectivity index (χ4n) is 14.4. The number of aromatic nitrogens is 1. The monoisotopic (exact) mass is 741 g/mol. The molecule has 0 saturated heterocycles. The van der Waals surface area contributed by atoms with Crippen LogP contribution in [0.5, 0.6) is 0 Å². The highest BCUT2D eigenvalue weighted by Crippen LogP contribution is 2.77. The van der Waals surface area contributed by atoms with Crippen molar-refractivity contribution in [3.8, 4) is 0 Å². The summed E-state index contributed by atoms with van der Waals surface area (Å²) in [4.78, 5) is 26.4. The van der Waals surface area contributed by atoms with Crippen LogP contribution in [0.15, 0.2) is 54.9 Å². The molecule has 1 aromatic rings. The molecule has 54 heavy (non-hydrogen) atoms. The van der Waals surface area contributed by atoms with Gasteiger partial charge in [-0.1, -0.05) is 58.9 Å². The van der Waals surface area contributed by atoms with Crippen molar-refractivity contribution in [2.75, 3.05) is 19.7 Å². The third-order valence-corrected chi connectivity index (χ3v) is 17.4. The lowest BCUT2D eigenvalue weighted by molar-refractivity contribution is -0.697. The Morgan fingerprint density at radius 3 is 2.30 bits per heavy atom. The number of hydrogen-bond acceptors (Lipinski definition) is 4. The summed E-state index contributed by atoms with van der Waals surface area (Å²) in [6.45, 7) is 23.1. The molecule has 7 rings (SSSR count). The predicted molar refractivity (Wildman–Crippen MR) is 215 cm³/mol. The number of carbonyl (C=O) groups is 2. The van der Waals surface area contributed by atoms with Crippen LogP contribution >= 0.6 is 0 Å². The van der Waals surface area contributed by atoms with E-state index in [2.05, 4.69) is 88.0 Å². The first-order chi connectivity index (χ1) is 25.7. The van der Waals surface area contributed by atoms with E-state index >= 15 is 0 Å². The van der Waals surface area contributed by atoms with Crippen molar-refractivity contribution in [3.05, 3.63) is 54.9 Å². The number of nitrogens with zero attached hydrogens (tertiary/aromatic N) is 2. The van der Waals surface area contributed by atoms with Crippen molar-refractivity contribution in [3.63, 3.8) is 0 Å². The van der Waals surface area contributed by atoms with E-state index in [-0.39, 0.29) is 45.1 Å². The van der Waals surface area contributed by atoms with Gasteiger partial charge in [0.1, 0.15) is 25.7 Å². The first kappa shape index (κ1) is 39.5. The standard InChI is InChI=1S/C48H72N2O4/c1-35(2)36-20-25-48(34-53-41(51)16-14-32-49-28-10-8-11-29-49)27-26-46(6)37(43(36)48)18-19-39-45(5)23-22-40(44(3,4)38(45)21-24-47(39,46)7)54-42(52)17-15-33-50-30-12-9-13-31-50/h8-12,28-30,36-40,43H,1,13-27,31-34H2,2-7H3/q+2/t36-,37?,38?,39?,40-,43?,45-,46+,47+,48+/m0/s1. The zero-order chi connectivity index (χ0) is 38.4. The van der Waals surface area contributed by atoms with Crippen molar-refractivity contribution in [1.82, 2.24) is 0 Å². The fraction of sp³-hybridized carbons (Fsp3) is 0.750. The minimum Gasteiger partial charge on any atom is -0.465 e. The Hall–Kier alpha value is -2.76. The number of pyridine rings is 1. The summed E-state index contributed by atoms with van der Waals surface area (Å²) >= 11 is 0. The number of hydrogen-bond donors (Lipinski definition) is 0. The molecule has 0 radical (unpaired) electrons. The number of rotatable bonds is 12. The smallest absolute Gasteiger partial charge is 0.306 e. The zero-order valence-corrected chi connectivity index (χ0v) is 34.8. The molecule has 0 amide bonds. The van der Waals surface area contributed by atoms with E-state index in [0.717, 1.165) is 64.6 Å². The number of esters is 2. The molecule has 6 aliphatic rings. The van der Waals surface area contributed by atoms with E-state index < -0.39 is 0 Å². The highest BCUT2D eigenvalue weighted by molar-refractivity contribution is 5.70. The first-order valence-electron chi connectivity index (χ1n) is 21.9. The largest absolute Gasteiger partial charge is 0.465 e. The normalized spacial score (nSPS) is 39.3. The van der Waals surface area contributed by atoms with Crippen LogP contribution < -0.4 is 4.57 Å². The molecular formula is C48H72N2O4+2. The van der Waals surface area contributed by atoms with Gasteiger partial charge >= 0.3 is 11.9 Å². The van der Waals surface area contributed by atoms with E-state index in [9.17, 15) is 9.59 Å². The van der Waals surface area contributed by atoms with Gasteiger partial charge in [0, 0.05) is 42.2 Å². The molecule has 10 atom stereocenters. The predicted octanol–water partition coefficient (Wildman–Crippen LogP) is 9.69. The molecule has 1 aromatic heterocycles. The summed E-state index contributed by atoms with van der Waals surface area (Å²) in [5.74, 6) is 2.81. The molecule has 6 nitrogen and oxygen atoms in total. The fourth-order valence-corrected chi connectivity index (χ4v) is 14.4. The van der Waals surface area contributed by atoms with Gasteiger partial charge in [-0.25, -0.2) is 9.14 Å². The van der Waals surface area contributed by atoms with Gasteiger partial charge in [-0.15, -0.1) is 0 Å². The van der Waals surface area contributed by atoms with Crippen LogP contribution in [0.2, 0.25) is 0 Å². The average Bonchev–Trinajstić information content (AvgIpc) is 3.53. The number of allylic oxidation sites excluding steroid dienone is 2. The molecule has 0 bridgehead atoms. The van der Waals surface area contributed by atoms with Crippen LogP contribution in [0.3, 0.4) is 0 Å². The maximum absolute atomic E-state index is 13.2. The van der Waals surface area contributed by atoms with Crippen LogP contribution in [-0.2, 0) is 25.6 Å². The van der Waals surface area contributed by atoms with Crippen LogP contribution in [0.1, 0.15) is 138 Å². The molecule has 5 aliphatic carbocycles. The van der Waals surface area contributed by atoms with E-state index in [1.165, 1.54) is 44.1 Å². The van der Waals surface area contributed by atoms with Crippen LogP contribution in [0, 0.1) is 56.7 Å². The lowest BCUT2D eigenvalue weighted by atomic mass is 9.32. The van der Waals surface area contributed by atoms with Gasteiger partial charge in [0.15, 0.2) is 18.6 Å². The molecule has 2 heterocycles. The maximum Gasteiger partial charge on any atom is 0.306 e. The zero-order valence-electron chi connectivity index (χ0n) is 34.8. The Morgan fingerprint density at radius 2 is 1.56 bits per heavy atom. The third-order valence-electron chi connectivity index (χ3n) is 17.4. The number of carbonyl (C=O) groups excluding carboxylic acids is 2. The number of fused-ring (bicyclic) bond motifs is 7. The minimum atomic E-state index is -0.0466. The Kier molecular flexibility index (Phi) is 11.2. The molecule has 5 saturated carbocycles. The highest BCUT2D eigenvalue weighted by Gasteiger charge is 2.71. The second kappa shape index (κ2) is 15.3. The lowest BCUT2D eigenvalue weighted by Crippen LogP contribution is -2.67. The lowest BCUT2D eigenvalue weighted by Gasteiger charge is -2.73. The quantitative estimate of drug-likeness (QED) is 0.122. The first-order valence-corrected chi connectivity index (χ1v) is 21.9. The van der Waals surface area contributed by atoms with Gasteiger partial charge in [0.05, 0.1) is 19.4 Å². The van der Waals surface area contributed by atoms with Crippen molar-refractivity contribution in [1.29, 1.82) is 0 Å². The summed E-state index contributed by atoms with van der Waals surface area (Å²) in [7, 11) is 0. The molecule has 5 fully saturated rings. The van der Waals surface area contributed by atoms with E-state index in [1.807, 2.05) is 18.2 Å². The molecule has 1 aliphatic heterocycles. The molecule has 0 aromatic carbocycles. The van der Waals surface area contributed by atoms with Crippen LogP contribution in [0.4, 0.5) is 0 Å². The third kappa shape index (κ3) is 6.97. The molecular weight excluding hydrogens is 669 g/mol. The van der Waals surface area contributed by atoms with Gasteiger partial charge in [0.2, 0.25) is 0 Å². The highest BCUT2D eigenvalue weighted by atomic mass is 16.5. The van der Waals surface area contributed by atoms with Gasteiger partial charge in [-0.2, -0.15) is 0 Å². The Balaban J connectivity index is 1.03. The van der Waals surface area contributed by atoms with Gasteiger partial charge in [-0.05, 0) is 123 Å². The summed E-state index contributed by atoms with van der Waals surface area (Å²) < 4.78 is 17.1. The summed E-state index contributed by atoms with van der Waals surface area (Å²) in [6.07, 6.45) is 26.1. The SMILES string of the molecule is C=C(C)[C@@H]1CC[C@]2(COC(=O)CCC[n+]3ccccc3)CC[C@]3(C)C(CCC4[C@@]5(C)CC[C@H](OC(=O)CCC[N+]6=CC=CCC6)C(C)(C)C5CC[C@]43C)C12. The van der Waals surface area contributed by atoms with Crippen LogP contribution in [-0.4, -0.2) is 48.5 Å². The number of aryl methyl sites for hydroxylation is 1. The van der Waals surface area contributed by atoms with Gasteiger partial charge < -0.3 is 9.47 Å². The molecule has 0 spiro atoms. The second-order valence-electron chi connectivity index (χ2n) is 20.3. The Bertz CT molecular complexity index is 1610. The molecule has 0 N–H and O–H groups in total. The molecule has 296 valence electrons. The maximum atomic E-state index is 13.2. The van der Waals surface area contributed by atoms with Crippen molar-refractivity contribution in [2.24, 2.45) is 56.7 Å². The summed E-state index contributed by atoms with van der Waals surface area (Å²) in [5, 5.41) is 0.